The van der Waals surface area contributed by atoms with Crippen molar-refractivity contribution in [2.24, 2.45) is 0 Å². The number of nitro groups is 1. The van der Waals surface area contributed by atoms with Crippen LogP contribution in [0.3, 0.4) is 0 Å². The van der Waals surface area contributed by atoms with Crippen LogP contribution in [-0.4, -0.2) is 23.6 Å². The van der Waals surface area contributed by atoms with Gasteiger partial charge in [0, 0.05) is 27.7 Å². The molecule has 3 rings (SSSR count). The molecule has 25 heavy (non-hydrogen) atoms. The second-order valence-electron chi connectivity index (χ2n) is 5.36. The van der Waals surface area contributed by atoms with E-state index in [0.29, 0.717) is 17.3 Å². The highest BCUT2D eigenvalue weighted by molar-refractivity contribution is 9.10. The molecule has 6 nitrogen and oxygen atoms in total. The second kappa shape index (κ2) is 6.75. The van der Waals surface area contributed by atoms with Gasteiger partial charge in [0.25, 0.3) is 5.70 Å². The number of anilines is 1. The molecular formula is C16H12BrF2N3O3. The lowest BCUT2D eigenvalue weighted by Crippen LogP contribution is -2.32. The number of methoxy groups -OCH3 is 1. The summed E-state index contributed by atoms with van der Waals surface area (Å²) in [4.78, 5) is 16.4. The number of ether oxygens (including phenoxy) is 1. The SMILES string of the molecule is COc1ccc2c(n1)N(Cc1c(F)cc(Br)cc1F)CC([N+](=O)[O-])=C2. The summed E-state index contributed by atoms with van der Waals surface area (Å²) in [7, 11) is 1.44. The van der Waals surface area contributed by atoms with E-state index in [2.05, 4.69) is 20.9 Å². The molecule has 0 N–H and O–H groups in total. The third kappa shape index (κ3) is 3.46. The van der Waals surface area contributed by atoms with Gasteiger partial charge in [-0.1, -0.05) is 15.9 Å². The Hall–Kier alpha value is -2.55. The van der Waals surface area contributed by atoms with Crippen LogP contribution in [0.4, 0.5) is 14.6 Å². The average Bonchev–Trinajstić information content (AvgIpc) is 2.57. The van der Waals surface area contributed by atoms with E-state index in [4.69, 9.17) is 4.74 Å². The van der Waals surface area contributed by atoms with Crippen LogP contribution in [0.1, 0.15) is 11.1 Å². The number of fused-ring (bicyclic) bond motifs is 1. The molecule has 0 amide bonds. The number of benzene rings is 1. The summed E-state index contributed by atoms with van der Waals surface area (Å²) >= 11 is 3.02. The second-order valence-corrected chi connectivity index (χ2v) is 6.28. The van der Waals surface area contributed by atoms with Crippen LogP contribution < -0.4 is 9.64 Å². The van der Waals surface area contributed by atoms with Crippen molar-refractivity contribution in [2.45, 2.75) is 6.54 Å². The Morgan fingerprint density at radius 1 is 1.36 bits per heavy atom. The molecule has 0 aliphatic carbocycles. The van der Waals surface area contributed by atoms with Crippen molar-refractivity contribution in [3.8, 4) is 5.88 Å². The Kier molecular flexibility index (Phi) is 4.67. The molecular weight excluding hydrogens is 400 g/mol. The van der Waals surface area contributed by atoms with Crippen molar-refractivity contribution in [1.82, 2.24) is 4.98 Å². The fraction of sp³-hybridized carbons (Fsp3) is 0.188. The zero-order valence-electron chi connectivity index (χ0n) is 13.0. The van der Waals surface area contributed by atoms with E-state index in [9.17, 15) is 18.9 Å². The van der Waals surface area contributed by atoms with Gasteiger partial charge in [0.05, 0.1) is 18.6 Å². The third-order valence-corrected chi connectivity index (χ3v) is 4.21. The summed E-state index contributed by atoms with van der Waals surface area (Å²) in [6.45, 7) is -0.335. The van der Waals surface area contributed by atoms with Gasteiger partial charge < -0.3 is 9.64 Å². The van der Waals surface area contributed by atoms with E-state index in [0.717, 1.165) is 12.1 Å². The third-order valence-electron chi connectivity index (χ3n) is 3.75. The normalized spacial score (nSPS) is 13.3. The first kappa shape index (κ1) is 17.3. The van der Waals surface area contributed by atoms with Crippen LogP contribution in [0.2, 0.25) is 0 Å². The van der Waals surface area contributed by atoms with Crippen LogP contribution in [0.5, 0.6) is 5.88 Å². The summed E-state index contributed by atoms with van der Waals surface area (Å²) in [5.41, 5.74) is 0.206. The van der Waals surface area contributed by atoms with E-state index >= 15 is 0 Å². The number of aromatic nitrogens is 1. The molecule has 0 fully saturated rings. The zero-order valence-corrected chi connectivity index (χ0v) is 14.6. The summed E-state index contributed by atoms with van der Waals surface area (Å²) in [6.07, 6.45) is 1.40. The highest BCUT2D eigenvalue weighted by atomic mass is 79.9. The van der Waals surface area contributed by atoms with Crippen molar-refractivity contribution in [3.63, 3.8) is 0 Å². The Morgan fingerprint density at radius 3 is 2.64 bits per heavy atom. The molecule has 0 atom stereocenters. The summed E-state index contributed by atoms with van der Waals surface area (Å²) in [5.74, 6) is -0.813. The predicted molar refractivity (Wildman–Crippen MR) is 90.9 cm³/mol. The summed E-state index contributed by atoms with van der Waals surface area (Å²) < 4.78 is 33.6. The van der Waals surface area contributed by atoms with Gasteiger partial charge in [-0.05, 0) is 18.2 Å². The topological polar surface area (TPSA) is 68.5 Å². The van der Waals surface area contributed by atoms with Crippen LogP contribution in [0, 0.1) is 21.7 Å². The minimum atomic E-state index is -0.742. The molecule has 2 heterocycles. The molecule has 0 radical (unpaired) electrons. The lowest BCUT2D eigenvalue weighted by atomic mass is 10.1. The minimum absolute atomic E-state index is 0.0857. The van der Waals surface area contributed by atoms with Crippen molar-refractivity contribution in [1.29, 1.82) is 0 Å². The summed E-state index contributed by atoms with van der Waals surface area (Å²) in [6, 6.07) is 5.47. The van der Waals surface area contributed by atoms with Crippen LogP contribution in [0.25, 0.3) is 6.08 Å². The van der Waals surface area contributed by atoms with E-state index in [1.54, 1.807) is 12.1 Å². The monoisotopic (exact) mass is 411 g/mol. The number of nitrogens with zero attached hydrogens (tertiary/aromatic N) is 3. The molecule has 0 saturated heterocycles. The van der Waals surface area contributed by atoms with Crippen LogP contribution >= 0.6 is 15.9 Å². The fourth-order valence-electron chi connectivity index (χ4n) is 2.57. The molecule has 2 aromatic rings. The molecule has 0 spiro atoms. The lowest BCUT2D eigenvalue weighted by Gasteiger charge is -2.27. The van der Waals surface area contributed by atoms with E-state index < -0.39 is 16.6 Å². The van der Waals surface area contributed by atoms with E-state index in [1.165, 1.54) is 18.1 Å². The van der Waals surface area contributed by atoms with Crippen molar-refractivity contribution in [2.75, 3.05) is 18.6 Å². The Morgan fingerprint density at radius 2 is 2.04 bits per heavy atom. The van der Waals surface area contributed by atoms with Gasteiger partial charge in [-0.3, -0.25) is 10.1 Å². The van der Waals surface area contributed by atoms with Crippen molar-refractivity contribution >= 4 is 27.8 Å². The lowest BCUT2D eigenvalue weighted by molar-refractivity contribution is -0.424. The molecule has 0 unspecified atom stereocenters. The Bertz CT molecular complexity index is 866. The van der Waals surface area contributed by atoms with Crippen molar-refractivity contribution in [3.05, 3.63) is 67.3 Å². The number of halogens is 3. The number of pyridine rings is 1. The van der Waals surface area contributed by atoms with Crippen LogP contribution in [-0.2, 0) is 6.54 Å². The average molecular weight is 412 g/mol. The molecule has 1 aliphatic rings. The number of hydrogen-bond donors (Lipinski definition) is 0. The van der Waals surface area contributed by atoms with Gasteiger partial charge >= 0.3 is 0 Å². The molecule has 9 heteroatoms. The molecule has 1 aromatic heterocycles. The maximum atomic E-state index is 14.2. The minimum Gasteiger partial charge on any atom is -0.481 e. The standard InChI is InChI=1S/C16H12BrF2N3O3/c1-25-15-3-2-9-4-11(22(23)24)7-21(16(9)20-15)8-12-13(18)5-10(17)6-14(12)19/h2-6H,7-8H2,1H3. The maximum Gasteiger partial charge on any atom is 0.266 e. The first-order valence-corrected chi connectivity index (χ1v) is 7.96. The molecule has 0 bridgehead atoms. The molecule has 1 aliphatic heterocycles. The summed E-state index contributed by atoms with van der Waals surface area (Å²) in [5, 5.41) is 11.2. The Balaban J connectivity index is 2.05. The maximum absolute atomic E-state index is 14.2. The van der Waals surface area contributed by atoms with Crippen molar-refractivity contribution < 1.29 is 18.4 Å². The molecule has 130 valence electrons. The van der Waals surface area contributed by atoms with Gasteiger partial charge in [-0.25, -0.2) is 8.78 Å². The zero-order chi connectivity index (χ0) is 18.1. The number of rotatable bonds is 4. The first-order chi connectivity index (χ1) is 11.9. The highest BCUT2D eigenvalue weighted by Gasteiger charge is 2.28. The smallest absolute Gasteiger partial charge is 0.266 e. The molecule has 0 saturated carbocycles. The Labute approximate surface area is 150 Å². The quantitative estimate of drug-likeness (QED) is 0.565. The van der Waals surface area contributed by atoms with Gasteiger partial charge in [0.15, 0.2) is 0 Å². The largest absolute Gasteiger partial charge is 0.481 e. The van der Waals surface area contributed by atoms with Crippen LogP contribution in [0.15, 0.2) is 34.4 Å². The van der Waals surface area contributed by atoms with Gasteiger partial charge in [-0.15, -0.1) is 0 Å². The van der Waals surface area contributed by atoms with Gasteiger partial charge in [-0.2, -0.15) is 4.98 Å². The number of hydrogen-bond acceptors (Lipinski definition) is 5. The molecule has 1 aromatic carbocycles. The van der Waals surface area contributed by atoms with E-state index in [-0.39, 0.29) is 28.8 Å². The highest BCUT2D eigenvalue weighted by Crippen LogP contribution is 2.31. The van der Waals surface area contributed by atoms with Gasteiger partial charge in [0.2, 0.25) is 5.88 Å². The fourth-order valence-corrected chi connectivity index (χ4v) is 2.97. The van der Waals surface area contributed by atoms with Gasteiger partial charge in [0.1, 0.15) is 24.0 Å². The predicted octanol–water partition coefficient (Wildman–Crippen LogP) is 3.77. The first-order valence-electron chi connectivity index (χ1n) is 7.17. The van der Waals surface area contributed by atoms with E-state index in [1.807, 2.05) is 0 Å².